The lowest BCUT2D eigenvalue weighted by Crippen LogP contribution is -2.68. The summed E-state index contributed by atoms with van der Waals surface area (Å²) >= 11 is 0. The molecule has 0 spiro atoms. The van der Waals surface area contributed by atoms with Gasteiger partial charge in [-0.25, -0.2) is 0 Å². The normalized spacial score (nSPS) is 21.9. The third-order valence-electron chi connectivity index (χ3n) is 13.8. The molecule has 2 aliphatic carbocycles. The van der Waals surface area contributed by atoms with E-state index < -0.39 is 25.0 Å². The predicted molar refractivity (Wildman–Crippen MR) is 232 cm³/mol. The minimum absolute atomic E-state index is 0.0635. The van der Waals surface area contributed by atoms with Gasteiger partial charge in [0.1, 0.15) is 5.75 Å². The summed E-state index contributed by atoms with van der Waals surface area (Å²) in [7, 11) is -4.96. The SMILES string of the molecule is COc1cccc2c1C[C@H]1C[C@H](O[Si](c3ccccc3)(c3ccccc3)C(C)(C)C)[C@H](CC[C@H](CO[Si](C)(C)C(C)(C)C)O[Si](C)(C)C(C)(C)C)[C@@H]1C2. The number of ether oxygens (including phenoxy) is 1. The molecule has 5 atom stereocenters. The van der Waals surface area contributed by atoms with Crippen LogP contribution in [-0.4, -0.2) is 50.9 Å². The van der Waals surface area contributed by atoms with Gasteiger partial charge in [0.15, 0.2) is 16.6 Å². The molecule has 5 rings (SSSR count). The highest BCUT2D eigenvalue weighted by molar-refractivity contribution is 6.99. The van der Waals surface area contributed by atoms with Gasteiger partial charge in [0.25, 0.3) is 8.32 Å². The lowest BCUT2D eigenvalue weighted by Gasteiger charge is -2.46. The van der Waals surface area contributed by atoms with Gasteiger partial charge in [0, 0.05) is 6.10 Å². The van der Waals surface area contributed by atoms with Crippen molar-refractivity contribution in [3.05, 3.63) is 90.0 Å². The van der Waals surface area contributed by atoms with Crippen LogP contribution in [0.25, 0.3) is 0 Å². The second-order valence-corrected chi connectivity index (χ2v) is 34.1. The third kappa shape index (κ3) is 8.86. The van der Waals surface area contributed by atoms with E-state index >= 15 is 0 Å². The van der Waals surface area contributed by atoms with Gasteiger partial charge in [-0.3, -0.25) is 0 Å². The summed E-state index contributed by atoms with van der Waals surface area (Å²) in [4.78, 5) is 0. The maximum Gasteiger partial charge on any atom is 0.261 e. The Morgan fingerprint density at radius 2 is 1.25 bits per heavy atom. The highest BCUT2D eigenvalue weighted by Crippen LogP contribution is 2.52. The number of hydrogen-bond acceptors (Lipinski definition) is 4. The topological polar surface area (TPSA) is 36.9 Å². The quantitative estimate of drug-likeness (QED) is 0.162. The Kier molecular flexibility index (Phi) is 12.6. The van der Waals surface area contributed by atoms with E-state index in [0.717, 1.165) is 37.9 Å². The van der Waals surface area contributed by atoms with Crippen molar-refractivity contribution >= 4 is 35.3 Å². The monoisotopic (exact) mass is 772 g/mol. The van der Waals surface area contributed by atoms with Crippen molar-refractivity contribution in [2.75, 3.05) is 13.7 Å². The minimum Gasteiger partial charge on any atom is -0.496 e. The molecule has 0 bridgehead atoms. The summed E-state index contributed by atoms with van der Waals surface area (Å²) in [6.07, 6.45) is 5.48. The van der Waals surface area contributed by atoms with Crippen LogP contribution in [0.3, 0.4) is 0 Å². The number of rotatable bonds is 13. The van der Waals surface area contributed by atoms with Crippen molar-refractivity contribution in [2.45, 2.75) is 148 Å². The highest BCUT2D eigenvalue weighted by atomic mass is 28.4. The Morgan fingerprint density at radius 3 is 1.75 bits per heavy atom. The fourth-order valence-corrected chi connectivity index (χ4v) is 15.8. The van der Waals surface area contributed by atoms with E-state index in [4.69, 9.17) is 18.0 Å². The molecule has 0 heterocycles. The molecule has 1 saturated carbocycles. The Balaban J connectivity index is 1.56. The second kappa shape index (κ2) is 15.9. The van der Waals surface area contributed by atoms with Crippen molar-refractivity contribution in [3.8, 4) is 5.75 Å². The molecule has 3 aromatic rings. The molecule has 4 nitrogen and oxygen atoms in total. The van der Waals surface area contributed by atoms with E-state index in [1.165, 1.54) is 21.5 Å². The number of methoxy groups -OCH3 is 1. The number of fused-ring (bicyclic) bond motifs is 2. The molecule has 0 aliphatic heterocycles. The second-order valence-electron chi connectivity index (χ2n) is 20.3. The van der Waals surface area contributed by atoms with Crippen LogP contribution in [-0.2, 0) is 26.1 Å². The van der Waals surface area contributed by atoms with Gasteiger partial charge < -0.3 is 18.0 Å². The first kappa shape index (κ1) is 42.1. The van der Waals surface area contributed by atoms with Crippen molar-refractivity contribution in [3.63, 3.8) is 0 Å². The molecule has 0 unspecified atom stereocenters. The summed E-state index contributed by atoms with van der Waals surface area (Å²) < 4.78 is 28.3. The molecule has 0 amide bonds. The van der Waals surface area contributed by atoms with Crippen molar-refractivity contribution in [1.82, 2.24) is 0 Å². The number of hydrogen-bond donors (Lipinski definition) is 0. The van der Waals surface area contributed by atoms with Gasteiger partial charge in [-0.2, -0.15) is 0 Å². The van der Waals surface area contributed by atoms with Gasteiger partial charge in [-0.05, 0) is 119 Å². The number of benzene rings is 3. The lowest BCUT2D eigenvalue weighted by atomic mass is 9.73. The van der Waals surface area contributed by atoms with Crippen molar-refractivity contribution in [2.24, 2.45) is 17.8 Å². The van der Waals surface area contributed by atoms with Gasteiger partial charge in [-0.1, -0.05) is 135 Å². The maximum atomic E-state index is 8.09. The van der Waals surface area contributed by atoms with E-state index in [2.05, 4.69) is 167 Å². The molecule has 3 aromatic carbocycles. The summed E-state index contributed by atoms with van der Waals surface area (Å²) in [5.41, 5.74) is 2.86. The predicted octanol–water partition coefficient (Wildman–Crippen LogP) is 11.2. The summed E-state index contributed by atoms with van der Waals surface area (Å²) in [6, 6.07) is 29.1. The Morgan fingerprint density at radius 1 is 0.679 bits per heavy atom. The molecule has 292 valence electrons. The molecule has 0 N–H and O–H groups in total. The van der Waals surface area contributed by atoms with Crippen LogP contribution >= 0.6 is 0 Å². The van der Waals surface area contributed by atoms with Gasteiger partial charge in [0.2, 0.25) is 0 Å². The fourth-order valence-electron chi connectivity index (χ4n) is 8.69. The van der Waals surface area contributed by atoms with E-state index in [1.54, 1.807) is 0 Å². The van der Waals surface area contributed by atoms with Crippen molar-refractivity contribution < 1.29 is 18.0 Å². The van der Waals surface area contributed by atoms with E-state index in [-0.39, 0.29) is 27.3 Å². The first-order chi connectivity index (χ1) is 24.6. The van der Waals surface area contributed by atoms with E-state index in [0.29, 0.717) is 24.4 Å². The highest BCUT2D eigenvalue weighted by Gasteiger charge is 2.55. The molecular weight excluding hydrogens is 701 g/mol. The molecule has 2 aliphatic rings. The molecule has 53 heavy (non-hydrogen) atoms. The van der Waals surface area contributed by atoms with Gasteiger partial charge in [-0.15, -0.1) is 0 Å². The fraction of sp³-hybridized carbons (Fsp3) is 0.609. The Bertz CT molecular complexity index is 1600. The van der Waals surface area contributed by atoms with E-state index in [1.807, 2.05) is 7.11 Å². The standard InChI is InChI=1S/C46H72O4Si3/c1-44(2,3)51(11,12)48-33-36(49-52(13,14)45(4,5)6)28-29-39-40-30-34-22-21-27-42(47-10)41(34)31-35(40)32-43(39)50-53(46(7,8)9,37-23-17-15-18-24-37)38-25-19-16-20-26-38/h15-27,35-36,39-40,43H,28-33H2,1-14H3/t35-,36+,39+,40+,43-/m0/s1. The zero-order valence-corrected chi connectivity index (χ0v) is 38.8. The Hall–Kier alpha value is -2.01. The zero-order chi connectivity index (χ0) is 39.0. The lowest BCUT2D eigenvalue weighted by molar-refractivity contribution is 0.0744. The Labute approximate surface area is 327 Å². The van der Waals surface area contributed by atoms with Crippen molar-refractivity contribution in [1.29, 1.82) is 0 Å². The zero-order valence-electron chi connectivity index (χ0n) is 35.8. The molecule has 1 fully saturated rings. The van der Waals surface area contributed by atoms with Crippen LogP contribution in [0, 0.1) is 17.8 Å². The van der Waals surface area contributed by atoms with Gasteiger partial charge >= 0.3 is 0 Å². The average Bonchev–Trinajstić information content (AvgIpc) is 3.41. The van der Waals surface area contributed by atoms with Gasteiger partial charge in [0.05, 0.1) is 19.8 Å². The van der Waals surface area contributed by atoms with Crippen LogP contribution in [0.1, 0.15) is 92.7 Å². The van der Waals surface area contributed by atoms with Crippen LogP contribution in [0.15, 0.2) is 78.9 Å². The first-order valence-electron chi connectivity index (χ1n) is 20.4. The summed E-state index contributed by atoms with van der Waals surface area (Å²) in [5.74, 6) is 2.56. The summed E-state index contributed by atoms with van der Waals surface area (Å²) in [5, 5.41) is 2.92. The minimum atomic E-state index is -2.77. The molecule has 7 heteroatoms. The maximum absolute atomic E-state index is 8.09. The third-order valence-corrected chi connectivity index (χ3v) is 27.9. The average molecular weight is 773 g/mol. The van der Waals surface area contributed by atoms with Crippen LogP contribution in [0.4, 0.5) is 0 Å². The first-order valence-corrected chi connectivity index (χ1v) is 28.1. The summed E-state index contributed by atoms with van der Waals surface area (Å²) in [6.45, 7) is 31.5. The van der Waals surface area contributed by atoms with Crippen LogP contribution < -0.4 is 15.1 Å². The van der Waals surface area contributed by atoms with Crippen LogP contribution in [0.5, 0.6) is 5.75 Å². The molecular formula is C46H72O4Si3. The largest absolute Gasteiger partial charge is 0.496 e. The molecule has 0 radical (unpaired) electrons. The smallest absolute Gasteiger partial charge is 0.261 e. The molecule has 0 aromatic heterocycles. The molecule has 0 saturated heterocycles. The van der Waals surface area contributed by atoms with Crippen LogP contribution in [0.2, 0.25) is 41.3 Å². The van der Waals surface area contributed by atoms with E-state index in [9.17, 15) is 0 Å².